The predicted molar refractivity (Wildman–Crippen MR) is 388 cm³/mol. The highest BCUT2D eigenvalue weighted by Crippen LogP contribution is 2.32. The van der Waals surface area contributed by atoms with Crippen molar-refractivity contribution in [3.05, 3.63) is 186 Å². The molecule has 0 saturated carbocycles. The summed E-state index contributed by atoms with van der Waals surface area (Å²) in [6.07, 6.45) is 6.29. The summed E-state index contributed by atoms with van der Waals surface area (Å²) >= 11 is 6.73. The van der Waals surface area contributed by atoms with Crippen LogP contribution >= 0.6 is 56.7 Å². The van der Waals surface area contributed by atoms with Gasteiger partial charge in [0.25, 0.3) is 27.8 Å². The number of aryl methyl sites for hydroxylation is 5. The molecular formula is C66H70N18O10S5. The van der Waals surface area contributed by atoms with Crippen molar-refractivity contribution in [3.8, 4) is 0 Å². The first-order valence-corrected chi connectivity index (χ1v) is 35.6. The van der Waals surface area contributed by atoms with E-state index in [1.807, 2.05) is 22.9 Å². The van der Waals surface area contributed by atoms with E-state index in [9.17, 15) is 47.9 Å². The van der Waals surface area contributed by atoms with Crippen molar-refractivity contribution in [3.63, 3.8) is 0 Å². The molecule has 11 N–H and O–H groups in total. The van der Waals surface area contributed by atoms with Crippen LogP contribution in [0.25, 0.3) is 51.8 Å². The Balaban J connectivity index is 0.000000125. The van der Waals surface area contributed by atoms with Crippen LogP contribution in [0.2, 0.25) is 0 Å². The number of nitrogens with zero attached hydrogens (tertiary/aromatic N) is 10. The number of aromatic nitrogens is 10. The van der Waals surface area contributed by atoms with Gasteiger partial charge in [0.2, 0.25) is 29.5 Å². The van der Waals surface area contributed by atoms with E-state index in [1.54, 1.807) is 50.8 Å². The number of hydrogen-bond acceptors (Lipinski definition) is 23. The maximum atomic E-state index is 12.7. The monoisotopic (exact) mass is 1430 g/mol. The molecule has 5 atom stereocenters. The van der Waals surface area contributed by atoms with Crippen molar-refractivity contribution in [2.75, 3.05) is 11.5 Å². The van der Waals surface area contributed by atoms with Gasteiger partial charge in [-0.25, -0.2) is 24.9 Å². The van der Waals surface area contributed by atoms with E-state index in [2.05, 4.69) is 84.4 Å². The Hall–Kier alpha value is -10.2. The number of fused-ring (bicyclic) bond motifs is 5. The van der Waals surface area contributed by atoms with Crippen molar-refractivity contribution < 1.29 is 24.0 Å². The molecule has 0 aliphatic carbocycles. The van der Waals surface area contributed by atoms with E-state index in [-0.39, 0.29) is 57.3 Å². The molecule has 28 nitrogen and oxygen atoms in total. The second kappa shape index (κ2) is 28.7. The summed E-state index contributed by atoms with van der Waals surface area (Å²) in [5.74, 6) is 1.70. The molecule has 5 amide bonds. The van der Waals surface area contributed by atoms with Gasteiger partial charge in [-0.2, -0.15) is 0 Å². The number of amides is 5. The maximum absolute atomic E-state index is 12.7. The Labute approximate surface area is 583 Å². The zero-order valence-corrected chi connectivity index (χ0v) is 58.7. The molecule has 10 aromatic heterocycles. The third kappa shape index (κ3) is 13.9. The molecule has 15 heterocycles. The van der Waals surface area contributed by atoms with Crippen molar-refractivity contribution in [1.82, 2.24) is 74.3 Å². The molecule has 514 valence electrons. The molecular weight excluding hydrogens is 1370 g/mol. The van der Waals surface area contributed by atoms with Gasteiger partial charge in [-0.1, -0.05) is 32.9 Å². The number of carbonyl (C=O) groups excluding carboxylic acids is 5. The lowest BCUT2D eigenvalue weighted by atomic mass is 10.0. The lowest BCUT2D eigenvalue weighted by Gasteiger charge is -2.26. The minimum absolute atomic E-state index is 0.129. The molecule has 5 saturated heterocycles. The number of allylic oxidation sites excluding steroid dienone is 5. The van der Waals surface area contributed by atoms with Gasteiger partial charge in [0, 0.05) is 62.5 Å². The standard InChI is InChI=1S/C14H16N4O2S.C14H15N3O2S.2C13H14N4O2S.C12H11N3O2S/c1-7-3-4-10(13(19)16-7)18-8(2)17-12-9(14(18)20)6-21-11(12)5-15;1-8-4-3-5-11(13(18)15-8)17-9(2)16-10-6-7-20-12(10)14(17)19;1-6-3-4-9(12(18)15-6)17-7(2)16-10-8(14)5-20-11(10)13(17)19;1-6-3-4-9(11(18)15-6)17-7(2)16-12-10(13(17)19)8(14)5-20-12;1-6-5-9(11(16)13-6)15-7(2)14-8-3-4-18-10(8)12(15)17/h6,10H,1,3-5,15H2,2H3,(H,16,19);6-7,11H,1,3-5H2,2H3,(H,15,18);2*5,9H,1,3-4,14H2,2H3,(H,15,18);3-4,9H,1,5H2,2H3,(H,13,16). The van der Waals surface area contributed by atoms with E-state index in [0.29, 0.717) is 179 Å². The third-order valence-corrected chi connectivity index (χ3v) is 21.9. The summed E-state index contributed by atoms with van der Waals surface area (Å²) in [6.45, 7) is 27.8. The molecule has 0 radical (unpaired) electrons. The zero-order valence-electron chi connectivity index (χ0n) is 54.6. The highest BCUT2D eigenvalue weighted by Gasteiger charge is 2.34. The van der Waals surface area contributed by atoms with Gasteiger partial charge in [0.1, 0.15) is 83.8 Å². The number of rotatable bonds is 6. The smallest absolute Gasteiger partial charge is 0.272 e. The van der Waals surface area contributed by atoms with E-state index >= 15 is 0 Å². The molecule has 5 aliphatic rings. The summed E-state index contributed by atoms with van der Waals surface area (Å²) in [5.41, 5.74) is 23.3. The molecule has 33 heteroatoms. The Morgan fingerprint density at radius 3 is 1.33 bits per heavy atom. The SMILES string of the molecule is C=C1CC(n2c(C)nc3ccsc3c2=O)C(=O)N1.C=C1CCC(n2c(C)nc3c(CN)scc3c2=O)C(=O)N1.C=C1CCC(n2c(C)nc3c(N)csc3c2=O)C(=O)N1.C=C1CCC(n2c(C)nc3scc(N)c3c2=O)C(=O)N1.C=C1CCCC(n2c(C)nc3ccsc3c2=O)C(=O)N1. The number of thiophene rings is 5. The quantitative estimate of drug-likeness (QED) is 0.0810. The van der Waals surface area contributed by atoms with Crippen LogP contribution < -0.4 is 71.6 Å². The lowest BCUT2D eigenvalue weighted by Crippen LogP contribution is -2.41. The topological polar surface area (TPSA) is 398 Å². The van der Waals surface area contributed by atoms with Gasteiger partial charge in [0.15, 0.2) is 0 Å². The number of nitrogens with one attached hydrogen (secondary N) is 5. The Bertz CT molecular complexity index is 5400. The number of nitrogen functional groups attached to an aromatic ring is 2. The van der Waals surface area contributed by atoms with E-state index in [4.69, 9.17) is 17.2 Å². The summed E-state index contributed by atoms with van der Waals surface area (Å²) < 4.78 is 9.05. The summed E-state index contributed by atoms with van der Waals surface area (Å²) in [6, 6.07) is 1.00. The number of hydrogen-bond donors (Lipinski definition) is 8. The number of nitrogens with two attached hydrogens (primary N) is 3. The fourth-order valence-corrected chi connectivity index (χ4v) is 16.6. The highest BCUT2D eigenvalue weighted by atomic mass is 32.1. The van der Waals surface area contributed by atoms with Gasteiger partial charge in [0.05, 0.1) is 38.7 Å². The van der Waals surface area contributed by atoms with Gasteiger partial charge < -0.3 is 43.8 Å². The van der Waals surface area contributed by atoms with Crippen molar-refractivity contribution in [2.24, 2.45) is 5.73 Å². The molecule has 10 aromatic rings. The maximum Gasteiger partial charge on any atom is 0.272 e. The summed E-state index contributed by atoms with van der Waals surface area (Å²) in [7, 11) is 0. The number of piperidine rings is 3. The Kier molecular flexibility index (Phi) is 20.3. The minimum atomic E-state index is -0.552. The van der Waals surface area contributed by atoms with Crippen LogP contribution in [0.5, 0.6) is 0 Å². The molecule has 5 aliphatic heterocycles. The van der Waals surface area contributed by atoms with Gasteiger partial charge in [-0.3, -0.25) is 70.8 Å². The van der Waals surface area contributed by atoms with E-state index in [0.717, 1.165) is 17.7 Å². The van der Waals surface area contributed by atoms with Gasteiger partial charge in [-0.15, -0.1) is 56.7 Å². The van der Waals surface area contributed by atoms with Gasteiger partial charge in [-0.05, 0) is 115 Å². The fraction of sp³-hybridized carbons (Fsp3) is 0.318. The first-order valence-electron chi connectivity index (χ1n) is 31.2. The first-order chi connectivity index (χ1) is 47.1. The molecule has 0 spiro atoms. The summed E-state index contributed by atoms with van der Waals surface area (Å²) in [4.78, 5) is 147. The average Bonchev–Trinajstić information content (AvgIpc) is 1.74. The summed E-state index contributed by atoms with van der Waals surface area (Å²) in [5, 5.41) is 23.3. The van der Waals surface area contributed by atoms with Gasteiger partial charge >= 0.3 is 0 Å². The molecule has 0 bridgehead atoms. The predicted octanol–water partition coefficient (Wildman–Crippen LogP) is 7.28. The van der Waals surface area contributed by atoms with Crippen LogP contribution in [0.3, 0.4) is 0 Å². The minimum Gasteiger partial charge on any atom is -0.397 e. The Morgan fingerprint density at radius 1 is 0.434 bits per heavy atom. The number of carbonyl (C=O) groups is 5. The van der Waals surface area contributed by atoms with E-state index in [1.165, 1.54) is 79.5 Å². The molecule has 5 unspecified atom stereocenters. The van der Waals surface area contributed by atoms with Crippen LogP contribution in [0.1, 0.15) is 128 Å². The van der Waals surface area contributed by atoms with Crippen molar-refractivity contribution in [2.45, 2.75) is 136 Å². The van der Waals surface area contributed by atoms with Crippen molar-refractivity contribution in [1.29, 1.82) is 0 Å². The van der Waals surface area contributed by atoms with E-state index < -0.39 is 30.2 Å². The van der Waals surface area contributed by atoms with Crippen LogP contribution in [0, 0.1) is 34.6 Å². The molecule has 99 heavy (non-hydrogen) atoms. The molecule has 5 fully saturated rings. The Morgan fingerprint density at radius 2 is 0.838 bits per heavy atom. The molecule has 15 rings (SSSR count). The van der Waals surface area contributed by atoms with Crippen LogP contribution in [-0.2, 0) is 30.5 Å². The van der Waals surface area contributed by atoms with Crippen molar-refractivity contribution >= 4 is 149 Å². The highest BCUT2D eigenvalue weighted by molar-refractivity contribution is 7.18. The lowest BCUT2D eigenvalue weighted by molar-refractivity contribution is -0.125. The second-order valence-corrected chi connectivity index (χ2v) is 28.6. The molecule has 0 aromatic carbocycles. The first kappa shape index (κ1) is 70.1. The average molecular weight is 1440 g/mol. The largest absolute Gasteiger partial charge is 0.397 e. The number of anilines is 2. The second-order valence-electron chi connectivity index (χ2n) is 24.1. The van der Waals surface area contributed by atoms with Crippen LogP contribution in [0.15, 0.2) is 124 Å². The third-order valence-electron chi connectivity index (χ3n) is 17.3. The fourth-order valence-electron chi connectivity index (χ4n) is 12.5. The van der Waals surface area contributed by atoms with Crippen LogP contribution in [-0.4, -0.2) is 77.3 Å². The van der Waals surface area contributed by atoms with Crippen LogP contribution in [0.4, 0.5) is 11.4 Å². The zero-order chi connectivity index (χ0) is 71.2. The normalized spacial score (nSPS) is 19.4.